The monoisotopic (exact) mass is 328 g/mol. The molecule has 1 aliphatic rings. The van der Waals surface area contributed by atoms with E-state index < -0.39 is 24.1 Å². The van der Waals surface area contributed by atoms with E-state index >= 15 is 0 Å². The number of halogens is 3. The molecule has 0 aromatic heterocycles. The number of anilines is 1. The first-order valence-electron chi connectivity index (χ1n) is 7.51. The van der Waals surface area contributed by atoms with Gasteiger partial charge in [-0.25, -0.2) is 0 Å². The number of nitrogens with zero attached hydrogens (tertiary/aromatic N) is 1. The van der Waals surface area contributed by atoms with Crippen LogP contribution in [0.15, 0.2) is 24.3 Å². The van der Waals surface area contributed by atoms with Crippen LogP contribution in [-0.4, -0.2) is 29.8 Å². The summed E-state index contributed by atoms with van der Waals surface area (Å²) in [4.78, 5) is 25.5. The summed E-state index contributed by atoms with van der Waals surface area (Å²) in [5.41, 5.74) is -1.25. The van der Waals surface area contributed by atoms with E-state index in [1.807, 2.05) is 0 Å². The lowest BCUT2D eigenvalue weighted by Crippen LogP contribution is -2.39. The molecule has 2 rings (SSSR count). The van der Waals surface area contributed by atoms with E-state index in [4.69, 9.17) is 0 Å². The number of hydrogen-bond donors (Lipinski definition) is 1. The maximum atomic E-state index is 12.9. The van der Waals surface area contributed by atoms with E-state index in [0.717, 1.165) is 18.9 Å². The van der Waals surface area contributed by atoms with Crippen LogP contribution in [-0.2, 0) is 15.8 Å². The summed E-state index contributed by atoms with van der Waals surface area (Å²) in [7, 11) is 0. The average Bonchev–Trinajstić information content (AvgIpc) is 2.47. The molecule has 23 heavy (non-hydrogen) atoms. The average molecular weight is 328 g/mol. The first-order chi connectivity index (χ1) is 10.8. The number of amides is 2. The van der Waals surface area contributed by atoms with Crippen molar-refractivity contribution in [2.45, 2.75) is 32.4 Å². The van der Waals surface area contributed by atoms with Gasteiger partial charge in [-0.3, -0.25) is 9.59 Å². The van der Waals surface area contributed by atoms with Crippen molar-refractivity contribution in [1.29, 1.82) is 0 Å². The van der Waals surface area contributed by atoms with Crippen LogP contribution in [0.4, 0.5) is 18.9 Å². The van der Waals surface area contributed by atoms with Crippen molar-refractivity contribution in [2.75, 3.05) is 18.4 Å². The van der Waals surface area contributed by atoms with E-state index in [2.05, 4.69) is 12.2 Å². The summed E-state index contributed by atoms with van der Waals surface area (Å²) >= 11 is 0. The van der Waals surface area contributed by atoms with Crippen molar-refractivity contribution in [3.8, 4) is 0 Å². The molecular weight excluding hydrogens is 309 g/mol. The third-order valence-corrected chi connectivity index (χ3v) is 3.95. The number of likely N-dealkylation sites (tertiary alicyclic amines) is 1. The predicted molar refractivity (Wildman–Crippen MR) is 79.7 cm³/mol. The molecule has 1 aromatic rings. The van der Waals surface area contributed by atoms with E-state index in [1.54, 1.807) is 4.90 Å². The van der Waals surface area contributed by atoms with Gasteiger partial charge in [-0.1, -0.05) is 19.1 Å². The SMILES string of the molecule is CC1CCN(C(=O)CC(=O)Nc2ccccc2C(F)(F)F)CC1. The summed E-state index contributed by atoms with van der Waals surface area (Å²) in [5, 5.41) is 2.19. The van der Waals surface area contributed by atoms with Gasteiger partial charge in [0.05, 0.1) is 11.3 Å². The molecule has 0 atom stereocenters. The number of hydrogen-bond acceptors (Lipinski definition) is 2. The van der Waals surface area contributed by atoms with Gasteiger partial charge in [0.25, 0.3) is 0 Å². The molecule has 1 saturated heterocycles. The van der Waals surface area contributed by atoms with E-state index in [-0.39, 0.29) is 11.6 Å². The zero-order valence-corrected chi connectivity index (χ0v) is 12.8. The molecular formula is C16H19F3N2O2. The van der Waals surface area contributed by atoms with Crippen LogP contribution in [0, 0.1) is 5.92 Å². The number of benzene rings is 1. The number of rotatable bonds is 3. The van der Waals surface area contributed by atoms with Gasteiger partial charge in [-0.2, -0.15) is 13.2 Å². The van der Waals surface area contributed by atoms with Crippen LogP contribution in [0.1, 0.15) is 31.7 Å². The summed E-state index contributed by atoms with van der Waals surface area (Å²) in [5.74, 6) is -0.532. The Hall–Kier alpha value is -2.05. The fourth-order valence-corrected chi connectivity index (χ4v) is 2.54. The van der Waals surface area contributed by atoms with Gasteiger partial charge in [0.2, 0.25) is 11.8 Å². The molecule has 7 heteroatoms. The van der Waals surface area contributed by atoms with Gasteiger partial charge in [-0.05, 0) is 30.9 Å². The molecule has 1 heterocycles. The summed E-state index contributed by atoms with van der Waals surface area (Å²) in [6.45, 7) is 3.28. The number of alkyl halides is 3. The Labute approximate surface area is 132 Å². The van der Waals surface area contributed by atoms with Gasteiger partial charge in [0, 0.05) is 13.1 Å². The zero-order chi connectivity index (χ0) is 17.0. The number of piperidine rings is 1. The maximum Gasteiger partial charge on any atom is 0.418 e. The van der Waals surface area contributed by atoms with Crippen LogP contribution < -0.4 is 5.32 Å². The molecule has 1 aliphatic heterocycles. The fourth-order valence-electron chi connectivity index (χ4n) is 2.54. The molecule has 4 nitrogen and oxygen atoms in total. The van der Waals surface area contributed by atoms with Crippen LogP contribution in [0.3, 0.4) is 0 Å². The first-order valence-corrected chi connectivity index (χ1v) is 7.51. The Morgan fingerprint density at radius 2 is 1.83 bits per heavy atom. The fraction of sp³-hybridized carbons (Fsp3) is 0.500. The number of carbonyl (C=O) groups is 2. The largest absolute Gasteiger partial charge is 0.418 e. The molecule has 1 fully saturated rings. The molecule has 1 N–H and O–H groups in total. The zero-order valence-electron chi connectivity index (χ0n) is 12.8. The van der Waals surface area contributed by atoms with E-state index in [1.165, 1.54) is 18.2 Å². The van der Waals surface area contributed by atoms with Gasteiger partial charge in [0.15, 0.2) is 0 Å². The molecule has 0 aliphatic carbocycles. The summed E-state index contributed by atoms with van der Waals surface area (Å²) in [6, 6.07) is 4.72. The smallest absolute Gasteiger partial charge is 0.342 e. The second kappa shape index (κ2) is 7.02. The van der Waals surface area contributed by atoms with E-state index in [9.17, 15) is 22.8 Å². The van der Waals surface area contributed by atoms with Gasteiger partial charge >= 0.3 is 6.18 Å². The Morgan fingerprint density at radius 3 is 2.43 bits per heavy atom. The number of nitrogens with one attached hydrogen (secondary N) is 1. The van der Waals surface area contributed by atoms with Gasteiger partial charge in [-0.15, -0.1) is 0 Å². The van der Waals surface area contributed by atoms with Crippen LogP contribution >= 0.6 is 0 Å². The number of para-hydroxylation sites is 1. The Morgan fingerprint density at radius 1 is 1.22 bits per heavy atom. The molecule has 0 saturated carbocycles. The molecule has 0 spiro atoms. The molecule has 126 valence electrons. The minimum atomic E-state index is -4.56. The molecule has 0 unspecified atom stereocenters. The van der Waals surface area contributed by atoms with Crippen LogP contribution in [0.25, 0.3) is 0 Å². The second-order valence-corrected chi connectivity index (χ2v) is 5.83. The summed E-state index contributed by atoms with van der Waals surface area (Å²) in [6.07, 6.45) is -3.24. The molecule has 2 amide bonds. The summed E-state index contributed by atoms with van der Waals surface area (Å²) < 4.78 is 38.6. The van der Waals surface area contributed by atoms with Crippen molar-refractivity contribution in [2.24, 2.45) is 5.92 Å². The predicted octanol–water partition coefficient (Wildman–Crippen LogP) is 3.29. The van der Waals surface area contributed by atoms with Crippen LogP contribution in [0.2, 0.25) is 0 Å². The Balaban J connectivity index is 1.96. The Bertz CT molecular complexity index is 579. The maximum absolute atomic E-state index is 12.9. The first kappa shape index (κ1) is 17.3. The normalized spacial score (nSPS) is 16.3. The van der Waals surface area contributed by atoms with Crippen LogP contribution in [0.5, 0.6) is 0 Å². The van der Waals surface area contributed by atoms with Gasteiger partial charge < -0.3 is 10.2 Å². The highest BCUT2D eigenvalue weighted by Gasteiger charge is 2.33. The standard InChI is InChI=1S/C16H19F3N2O2/c1-11-6-8-21(9-7-11)15(23)10-14(22)20-13-5-3-2-4-12(13)16(17,18)19/h2-5,11H,6-10H2,1H3,(H,20,22). The Kier molecular flexibility index (Phi) is 5.28. The lowest BCUT2D eigenvalue weighted by molar-refractivity contribution is -0.137. The third kappa shape index (κ3) is 4.71. The lowest BCUT2D eigenvalue weighted by Gasteiger charge is -2.30. The highest BCUT2D eigenvalue weighted by molar-refractivity contribution is 6.03. The van der Waals surface area contributed by atoms with Crippen molar-refractivity contribution in [3.05, 3.63) is 29.8 Å². The quantitative estimate of drug-likeness (QED) is 0.866. The van der Waals surface area contributed by atoms with E-state index in [0.29, 0.717) is 19.0 Å². The van der Waals surface area contributed by atoms with Crippen molar-refractivity contribution < 1.29 is 22.8 Å². The topological polar surface area (TPSA) is 49.4 Å². The molecule has 0 radical (unpaired) electrons. The third-order valence-electron chi connectivity index (χ3n) is 3.95. The molecule has 0 bridgehead atoms. The van der Waals surface area contributed by atoms with Crippen molar-refractivity contribution in [1.82, 2.24) is 4.90 Å². The minimum Gasteiger partial charge on any atom is -0.342 e. The minimum absolute atomic E-state index is 0.329. The molecule has 1 aromatic carbocycles. The lowest BCUT2D eigenvalue weighted by atomic mass is 9.99. The second-order valence-electron chi connectivity index (χ2n) is 5.83. The number of carbonyl (C=O) groups excluding carboxylic acids is 2. The highest BCUT2D eigenvalue weighted by atomic mass is 19.4. The highest BCUT2D eigenvalue weighted by Crippen LogP contribution is 2.34. The van der Waals surface area contributed by atoms with Gasteiger partial charge in [0.1, 0.15) is 6.42 Å². The van der Waals surface area contributed by atoms with Crippen molar-refractivity contribution in [3.63, 3.8) is 0 Å². The van der Waals surface area contributed by atoms with Crippen molar-refractivity contribution >= 4 is 17.5 Å².